The Balaban J connectivity index is 1.73. The van der Waals surface area contributed by atoms with Crippen molar-refractivity contribution in [2.75, 3.05) is 0 Å². The van der Waals surface area contributed by atoms with Gasteiger partial charge in [-0.05, 0) is 43.0 Å². The van der Waals surface area contributed by atoms with Crippen molar-refractivity contribution in [1.82, 2.24) is 4.57 Å². The molecule has 5 nitrogen and oxygen atoms in total. The molecule has 5 rings (SSSR count). The molecule has 2 aliphatic heterocycles. The minimum atomic E-state index is -1.03. The summed E-state index contributed by atoms with van der Waals surface area (Å²) < 4.78 is 8.51. The number of carbonyl (C=O) groups excluding carboxylic acids is 1. The van der Waals surface area contributed by atoms with Crippen LogP contribution >= 0.6 is 11.3 Å². The van der Waals surface area contributed by atoms with Crippen LogP contribution in [0.1, 0.15) is 56.3 Å². The van der Waals surface area contributed by atoms with Crippen molar-refractivity contribution in [3.63, 3.8) is 0 Å². The van der Waals surface area contributed by atoms with Crippen LogP contribution in [0.2, 0.25) is 0 Å². The van der Waals surface area contributed by atoms with Crippen LogP contribution in [0.5, 0.6) is 5.75 Å². The first-order valence-corrected chi connectivity index (χ1v) is 11.3. The molecule has 0 unspecified atom stereocenters. The van der Waals surface area contributed by atoms with Gasteiger partial charge in [-0.25, -0.2) is 4.99 Å². The lowest BCUT2D eigenvalue weighted by Gasteiger charge is -2.45. The third-order valence-electron chi connectivity index (χ3n) is 6.22. The number of hydrogen-bond donors (Lipinski definition) is 0. The van der Waals surface area contributed by atoms with Crippen LogP contribution in [-0.2, 0) is 4.79 Å². The van der Waals surface area contributed by atoms with Crippen LogP contribution in [0, 0.1) is 5.92 Å². The van der Waals surface area contributed by atoms with Gasteiger partial charge >= 0.3 is 0 Å². The summed E-state index contributed by atoms with van der Waals surface area (Å²) in [5.41, 5.74) is 1.93. The number of Topliss-reactive ketones (excluding diaryl/α,β-unsaturated/α-hetero) is 1. The first kappa shape index (κ1) is 19.9. The van der Waals surface area contributed by atoms with Gasteiger partial charge in [-0.1, -0.05) is 67.6 Å². The van der Waals surface area contributed by atoms with Crippen LogP contribution in [0.15, 0.2) is 58.3 Å². The summed E-state index contributed by atoms with van der Waals surface area (Å²) in [5, 5.41) is 0. The predicted octanol–water partition coefficient (Wildman–Crippen LogP) is 3.40. The number of ketones is 1. The fourth-order valence-electron chi connectivity index (χ4n) is 4.68. The van der Waals surface area contributed by atoms with Crippen molar-refractivity contribution in [3.8, 4) is 5.75 Å². The largest absolute Gasteiger partial charge is 0.465 e. The third kappa shape index (κ3) is 3.08. The van der Waals surface area contributed by atoms with Gasteiger partial charge in [0.25, 0.3) is 5.56 Å². The number of ether oxygens (including phenoxy) is 1. The Labute approximate surface area is 184 Å². The number of fused-ring (bicyclic) bond motifs is 6. The van der Waals surface area contributed by atoms with Crippen molar-refractivity contribution in [3.05, 3.63) is 84.9 Å². The Hall–Kier alpha value is -2.99. The molecule has 1 aromatic heterocycles. The fourth-order valence-corrected chi connectivity index (χ4v) is 5.78. The number of thiazole rings is 1. The summed E-state index contributed by atoms with van der Waals surface area (Å²) in [6.45, 7) is 7.70. The molecule has 3 heterocycles. The molecule has 0 aliphatic carbocycles. The molecular weight excluding hydrogens is 408 g/mol. The van der Waals surface area contributed by atoms with Gasteiger partial charge in [-0.15, -0.1) is 0 Å². The lowest BCUT2D eigenvalue weighted by molar-refractivity contribution is -0.132. The molecule has 0 saturated heterocycles. The van der Waals surface area contributed by atoms with E-state index in [9.17, 15) is 9.59 Å². The maximum Gasteiger partial charge on any atom is 0.270 e. The van der Waals surface area contributed by atoms with Gasteiger partial charge < -0.3 is 4.74 Å². The summed E-state index contributed by atoms with van der Waals surface area (Å²) in [4.78, 5) is 31.5. The Morgan fingerprint density at radius 3 is 2.58 bits per heavy atom. The Morgan fingerprint density at radius 2 is 1.90 bits per heavy atom. The van der Waals surface area contributed by atoms with E-state index in [1.807, 2.05) is 49.4 Å². The van der Waals surface area contributed by atoms with E-state index < -0.39 is 17.7 Å². The highest BCUT2D eigenvalue weighted by atomic mass is 32.1. The lowest BCUT2D eigenvalue weighted by atomic mass is 9.79. The summed E-state index contributed by atoms with van der Waals surface area (Å²) >= 11 is 1.35. The van der Waals surface area contributed by atoms with Gasteiger partial charge in [0.15, 0.2) is 4.80 Å². The lowest BCUT2D eigenvalue weighted by Crippen LogP contribution is -2.58. The number of rotatable bonds is 3. The monoisotopic (exact) mass is 432 g/mol. The van der Waals surface area contributed by atoms with Crippen molar-refractivity contribution < 1.29 is 9.53 Å². The zero-order valence-electron chi connectivity index (χ0n) is 18.0. The zero-order chi connectivity index (χ0) is 21.9. The smallest absolute Gasteiger partial charge is 0.270 e. The molecule has 2 bridgehead atoms. The standard InChI is InChI=1S/C25H24N2O3S/c1-14(2)17-11-9-16(10-12-17)13-20-23(29)27-22-18-7-5-6-8-19(18)30-25(4,21(22)15(3)28)26-24(27)31-20/h5-14,21-22H,1-4H3/b20-13-/t21-,22+,25-/m1/s1. The number of hydrogen-bond acceptors (Lipinski definition) is 5. The highest BCUT2D eigenvalue weighted by Crippen LogP contribution is 2.47. The molecule has 0 saturated carbocycles. The van der Waals surface area contributed by atoms with Gasteiger partial charge in [-0.2, -0.15) is 0 Å². The molecule has 0 radical (unpaired) electrons. The van der Waals surface area contributed by atoms with E-state index in [0.717, 1.165) is 11.1 Å². The zero-order valence-corrected chi connectivity index (χ0v) is 18.8. The quantitative estimate of drug-likeness (QED) is 0.637. The predicted molar refractivity (Wildman–Crippen MR) is 121 cm³/mol. The summed E-state index contributed by atoms with van der Waals surface area (Å²) in [6, 6.07) is 15.4. The number of carbonyl (C=O) groups is 1. The highest BCUT2D eigenvalue weighted by molar-refractivity contribution is 7.07. The summed E-state index contributed by atoms with van der Waals surface area (Å²) in [7, 11) is 0. The normalized spacial score (nSPS) is 24.2. The molecule has 0 spiro atoms. The van der Waals surface area contributed by atoms with Crippen LogP contribution in [0.3, 0.4) is 0 Å². The Morgan fingerprint density at radius 1 is 1.19 bits per heavy atom. The summed E-state index contributed by atoms with van der Waals surface area (Å²) in [6.07, 6.45) is 1.90. The van der Waals surface area contributed by atoms with Crippen molar-refractivity contribution in [2.24, 2.45) is 10.9 Å². The minimum Gasteiger partial charge on any atom is -0.465 e. The number of aromatic nitrogens is 1. The maximum atomic E-state index is 13.5. The molecule has 3 atom stereocenters. The molecule has 158 valence electrons. The van der Waals surface area contributed by atoms with Gasteiger partial charge in [0.05, 0.1) is 10.6 Å². The van der Waals surface area contributed by atoms with E-state index in [4.69, 9.17) is 9.73 Å². The second-order valence-corrected chi connectivity index (χ2v) is 9.74. The first-order chi connectivity index (χ1) is 14.8. The van der Waals surface area contributed by atoms with Crippen molar-refractivity contribution in [1.29, 1.82) is 0 Å². The first-order valence-electron chi connectivity index (χ1n) is 10.5. The number of para-hydroxylation sites is 1. The SMILES string of the molecule is CC(=O)[C@@H]1[C@@H]2c3ccccc3O[C@@]1(C)N=c1s/c(=C\c3ccc(C(C)C)cc3)c(=O)n12. The fraction of sp³-hybridized carbons (Fsp3) is 0.320. The van der Waals surface area contributed by atoms with E-state index in [0.29, 0.717) is 21.0 Å². The Kier molecular flexibility index (Phi) is 4.52. The van der Waals surface area contributed by atoms with Crippen LogP contribution in [0.25, 0.3) is 6.08 Å². The molecule has 31 heavy (non-hydrogen) atoms. The van der Waals surface area contributed by atoms with Gasteiger partial charge in [0.1, 0.15) is 17.5 Å². The summed E-state index contributed by atoms with van der Waals surface area (Å²) in [5.74, 6) is 0.538. The average molecular weight is 433 g/mol. The van der Waals surface area contributed by atoms with Crippen LogP contribution in [-0.4, -0.2) is 16.1 Å². The second-order valence-electron chi connectivity index (χ2n) is 8.73. The number of benzene rings is 2. The van der Waals surface area contributed by atoms with Crippen LogP contribution in [0.4, 0.5) is 0 Å². The minimum absolute atomic E-state index is 0.0377. The van der Waals surface area contributed by atoms with E-state index in [1.165, 1.54) is 16.9 Å². The van der Waals surface area contributed by atoms with Gasteiger partial charge in [-0.3, -0.25) is 14.2 Å². The topological polar surface area (TPSA) is 60.7 Å². The molecule has 6 heteroatoms. The number of nitrogens with zero attached hydrogens (tertiary/aromatic N) is 2. The van der Waals surface area contributed by atoms with Gasteiger partial charge in [0.2, 0.25) is 5.72 Å². The van der Waals surface area contributed by atoms with E-state index in [1.54, 1.807) is 11.5 Å². The average Bonchev–Trinajstić information content (AvgIpc) is 3.01. The van der Waals surface area contributed by atoms with Crippen molar-refractivity contribution >= 4 is 23.2 Å². The molecule has 2 aromatic carbocycles. The molecule has 0 N–H and O–H groups in total. The molecule has 3 aromatic rings. The van der Waals surface area contributed by atoms with Crippen LogP contribution < -0.4 is 19.6 Å². The Bertz CT molecular complexity index is 1370. The third-order valence-corrected chi connectivity index (χ3v) is 7.20. The highest BCUT2D eigenvalue weighted by Gasteiger charge is 2.53. The second kappa shape index (κ2) is 7.02. The van der Waals surface area contributed by atoms with E-state index >= 15 is 0 Å². The van der Waals surface area contributed by atoms with E-state index in [-0.39, 0.29) is 11.3 Å². The molecule has 0 amide bonds. The van der Waals surface area contributed by atoms with Gasteiger partial charge in [0, 0.05) is 5.56 Å². The molecule has 2 aliphatic rings. The van der Waals surface area contributed by atoms with Crippen molar-refractivity contribution in [2.45, 2.75) is 45.4 Å². The van der Waals surface area contributed by atoms with E-state index in [2.05, 4.69) is 26.0 Å². The maximum absolute atomic E-state index is 13.5. The molecular formula is C25H24N2O3S. The molecule has 0 fully saturated rings.